The van der Waals surface area contributed by atoms with Crippen LogP contribution in [0.25, 0.3) is 11.4 Å². The molecule has 0 bridgehead atoms. The van der Waals surface area contributed by atoms with Gasteiger partial charge in [-0.25, -0.2) is 15.0 Å². The van der Waals surface area contributed by atoms with Gasteiger partial charge in [0.05, 0.1) is 5.69 Å². The monoisotopic (exact) mass is 228 g/mol. The second kappa shape index (κ2) is 3.55. The van der Waals surface area contributed by atoms with Crippen molar-refractivity contribution in [2.75, 3.05) is 0 Å². The Morgan fingerprint density at radius 2 is 2.14 bits per heavy atom. The molecule has 2 rings (SSSR count). The average Bonchev–Trinajstić information content (AvgIpc) is 2.47. The van der Waals surface area contributed by atoms with Crippen LogP contribution >= 0.6 is 23.2 Å². The summed E-state index contributed by atoms with van der Waals surface area (Å²) < 4.78 is 1.58. The van der Waals surface area contributed by atoms with Crippen LogP contribution in [0.3, 0.4) is 0 Å². The Balaban J connectivity index is 2.58. The fraction of sp³-hybridized carbons (Fsp3) is 0.125. The molecule has 0 aromatic carbocycles. The number of halogens is 2. The zero-order valence-electron chi connectivity index (χ0n) is 7.28. The SMILES string of the molecule is Cn1c(Cl)nc(-c2ccncn2)c1Cl. The summed E-state index contributed by atoms with van der Waals surface area (Å²) in [6, 6.07) is 1.73. The van der Waals surface area contributed by atoms with Gasteiger partial charge in [-0.05, 0) is 17.7 Å². The molecule has 0 saturated carbocycles. The maximum atomic E-state index is 6.00. The van der Waals surface area contributed by atoms with E-state index < -0.39 is 0 Å². The Kier molecular flexibility index (Phi) is 2.39. The topological polar surface area (TPSA) is 43.6 Å². The maximum absolute atomic E-state index is 6.00. The summed E-state index contributed by atoms with van der Waals surface area (Å²) in [7, 11) is 1.74. The minimum atomic E-state index is 0.337. The average molecular weight is 229 g/mol. The lowest BCUT2D eigenvalue weighted by Crippen LogP contribution is -1.87. The van der Waals surface area contributed by atoms with Crippen molar-refractivity contribution in [3.63, 3.8) is 0 Å². The van der Waals surface area contributed by atoms with Gasteiger partial charge in [-0.2, -0.15) is 0 Å². The lowest BCUT2D eigenvalue weighted by Gasteiger charge is -1.95. The third-order valence-electron chi connectivity index (χ3n) is 1.80. The van der Waals surface area contributed by atoms with Crippen molar-refractivity contribution in [3.8, 4) is 11.4 Å². The zero-order chi connectivity index (χ0) is 10.1. The van der Waals surface area contributed by atoms with E-state index in [1.54, 1.807) is 23.9 Å². The first-order valence-electron chi connectivity index (χ1n) is 3.84. The van der Waals surface area contributed by atoms with E-state index >= 15 is 0 Å². The predicted molar refractivity (Wildman–Crippen MR) is 54.3 cm³/mol. The number of hydrogen-bond acceptors (Lipinski definition) is 3. The number of imidazole rings is 1. The Labute approximate surface area is 90.5 Å². The van der Waals surface area contributed by atoms with Crippen molar-refractivity contribution in [2.45, 2.75) is 0 Å². The lowest BCUT2D eigenvalue weighted by atomic mass is 10.3. The maximum Gasteiger partial charge on any atom is 0.204 e. The molecule has 0 aliphatic rings. The van der Waals surface area contributed by atoms with Crippen LogP contribution in [0.15, 0.2) is 18.6 Å². The number of rotatable bonds is 1. The smallest absolute Gasteiger partial charge is 0.204 e. The third-order valence-corrected chi connectivity index (χ3v) is 2.57. The summed E-state index contributed by atoms with van der Waals surface area (Å²) in [5.41, 5.74) is 1.23. The third kappa shape index (κ3) is 1.47. The van der Waals surface area contributed by atoms with Gasteiger partial charge in [0.1, 0.15) is 17.2 Å². The minimum absolute atomic E-state index is 0.337. The highest BCUT2D eigenvalue weighted by atomic mass is 35.5. The molecule has 0 atom stereocenters. The Morgan fingerprint density at radius 3 is 2.64 bits per heavy atom. The highest BCUT2D eigenvalue weighted by Crippen LogP contribution is 2.27. The predicted octanol–water partition coefficient (Wildman–Crippen LogP) is 2.18. The molecule has 14 heavy (non-hydrogen) atoms. The molecule has 2 heterocycles. The second-order valence-corrected chi connectivity index (χ2v) is 3.37. The van der Waals surface area contributed by atoms with Gasteiger partial charge in [0.25, 0.3) is 0 Å². The summed E-state index contributed by atoms with van der Waals surface area (Å²) in [6.45, 7) is 0. The summed E-state index contributed by atoms with van der Waals surface area (Å²) >= 11 is 11.8. The molecule has 2 aromatic heterocycles. The van der Waals surface area contributed by atoms with Crippen LogP contribution in [-0.2, 0) is 7.05 Å². The molecule has 0 radical (unpaired) electrons. The van der Waals surface area contributed by atoms with Crippen molar-refractivity contribution in [2.24, 2.45) is 7.05 Å². The molecule has 0 aliphatic heterocycles. The molecule has 72 valence electrons. The van der Waals surface area contributed by atoms with E-state index in [-0.39, 0.29) is 0 Å². The summed E-state index contributed by atoms with van der Waals surface area (Å²) in [4.78, 5) is 11.9. The van der Waals surface area contributed by atoms with Gasteiger partial charge in [0, 0.05) is 13.2 Å². The van der Waals surface area contributed by atoms with Crippen LogP contribution in [0.4, 0.5) is 0 Å². The van der Waals surface area contributed by atoms with Gasteiger partial charge >= 0.3 is 0 Å². The van der Waals surface area contributed by atoms with Gasteiger partial charge in [0.15, 0.2) is 0 Å². The lowest BCUT2D eigenvalue weighted by molar-refractivity contribution is 0.915. The van der Waals surface area contributed by atoms with Gasteiger partial charge in [-0.1, -0.05) is 11.6 Å². The normalized spacial score (nSPS) is 10.5. The molecular weight excluding hydrogens is 223 g/mol. The van der Waals surface area contributed by atoms with Crippen molar-refractivity contribution in [1.29, 1.82) is 0 Å². The Hall–Kier alpha value is -1.13. The number of nitrogens with zero attached hydrogens (tertiary/aromatic N) is 4. The van der Waals surface area contributed by atoms with Crippen LogP contribution in [0.5, 0.6) is 0 Å². The molecule has 0 amide bonds. The molecule has 0 fully saturated rings. The van der Waals surface area contributed by atoms with Gasteiger partial charge in [0.2, 0.25) is 5.28 Å². The van der Waals surface area contributed by atoms with Crippen molar-refractivity contribution < 1.29 is 0 Å². The van der Waals surface area contributed by atoms with Crippen molar-refractivity contribution in [1.82, 2.24) is 19.5 Å². The Bertz CT molecular complexity index is 452. The van der Waals surface area contributed by atoms with Crippen LogP contribution in [0, 0.1) is 0 Å². The van der Waals surface area contributed by atoms with Crippen LogP contribution in [0.1, 0.15) is 0 Å². The molecule has 2 aromatic rings. The van der Waals surface area contributed by atoms with E-state index in [1.807, 2.05) is 0 Å². The molecule has 0 spiro atoms. The van der Waals surface area contributed by atoms with Crippen molar-refractivity contribution >= 4 is 23.2 Å². The van der Waals surface area contributed by atoms with E-state index in [4.69, 9.17) is 23.2 Å². The van der Waals surface area contributed by atoms with Crippen LogP contribution in [-0.4, -0.2) is 19.5 Å². The highest BCUT2D eigenvalue weighted by Gasteiger charge is 2.13. The molecule has 0 aliphatic carbocycles. The number of hydrogen-bond donors (Lipinski definition) is 0. The van der Waals surface area contributed by atoms with Gasteiger partial charge in [-0.15, -0.1) is 0 Å². The fourth-order valence-electron chi connectivity index (χ4n) is 1.05. The molecular formula is C8H6Cl2N4. The van der Waals surface area contributed by atoms with E-state index in [2.05, 4.69) is 15.0 Å². The van der Waals surface area contributed by atoms with E-state index in [9.17, 15) is 0 Å². The zero-order valence-corrected chi connectivity index (χ0v) is 8.79. The second-order valence-electron chi connectivity index (χ2n) is 2.67. The Morgan fingerprint density at radius 1 is 1.36 bits per heavy atom. The summed E-state index contributed by atoms with van der Waals surface area (Å²) in [6.07, 6.45) is 3.06. The minimum Gasteiger partial charge on any atom is -0.308 e. The molecule has 6 heteroatoms. The first kappa shape index (κ1) is 9.43. The number of aromatic nitrogens is 4. The molecule has 0 unspecified atom stereocenters. The van der Waals surface area contributed by atoms with E-state index in [0.29, 0.717) is 21.8 Å². The van der Waals surface area contributed by atoms with Crippen LogP contribution < -0.4 is 0 Å². The van der Waals surface area contributed by atoms with Crippen LogP contribution in [0.2, 0.25) is 10.4 Å². The molecule has 0 saturated heterocycles. The quantitative estimate of drug-likeness (QED) is 0.752. The summed E-state index contributed by atoms with van der Waals surface area (Å²) in [5.74, 6) is 0. The molecule has 0 N–H and O–H groups in total. The van der Waals surface area contributed by atoms with E-state index in [1.165, 1.54) is 6.33 Å². The highest BCUT2D eigenvalue weighted by molar-refractivity contribution is 6.34. The first-order chi connectivity index (χ1) is 6.70. The van der Waals surface area contributed by atoms with E-state index in [0.717, 1.165) is 0 Å². The largest absolute Gasteiger partial charge is 0.308 e. The van der Waals surface area contributed by atoms with Gasteiger partial charge in [-0.3, -0.25) is 0 Å². The van der Waals surface area contributed by atoms with Gasteiger partial charge < -0.3 is 4.57 Å². The van der Waals surface area contributed by atoms with Crippen molar-refractivity contribution in [3.05, 3.63) is 29.0 Å². The first-order valence-corrected chi connectivity index (χ1v) is 4.60. The standard InChI is InChI=1S/C8H6Cl2N4/c1-14-7(9)6(13-8(14)10)5-2-3-11-4-12-5/h2-4H,1H3. The molecule has 4 nitrogen and oxygen atoms in total. The fourth-order valence-corrected chi connectivity index (χ4v) is 1.48. The summed E-state index contributed by atoms with van der Waals surface area (Å²) in [5, 5.41) is 0.803.